The molecule has 0 radical (unpaired) electrons. The molecular weight excluding hydrogens is 344 g/mol. The summed E-state index contributed by atoms with van der Waals surface area (Å²) in [5.41, 5.74) is 0.683. The molecule has 0 saturated heterocycles. The van der Waals surface area contributed by atoms with E-state index >= 15 is 0 Å². The average Bonchev–Trinajstić information content (AvgIpc) is 2.98. The zero-order valence-electron chi connectivity index (χ0n) is 13.2. The first kappa shape index (κ1) is 17.2. The van der Waals surface area contributed by atoms with Gasteiger partial charge in [-0.15, -0.1) is 0 Å². The second-order valence-corrected chi connectivity index (χ2v) is 5.69. The van der Waals surface area contributed by atoms with Crippen LogP contribution in [0.3, 0.4) is 0 Å². The number of fused-ring (bicyclic) bond motifs is 1. The number of phenols is 3. The molecule has 1 aliphatic heterocycles. The summed E-state index contributed by atoms with van der Waals surface area (Å²) in [6.07, 6.45) is 0.987. The molecule has 3 rings (SSSR count). The summed E-state index contributed by atoms with van der Waals surface area (Å²) >= 11 is 0. The monoisotopic (exact) mass is 358 g/mol. The Balaban J connectivity index is 2.15. The van der Waals surface area contributed by atoms with E-state index in [0.717, 1.165) is 6.08 Å². The summed E-state index contributed by atoms with van der Waals surface area (Å²) in [4.78, 5) is 22.7. The SMILES string of the molecule is O=C(O)/C=C/c1ccc(O)c2c1[C@@H](C(=O)O)[C@H](c1ccc(O)c(O)c1)O2. The molecule has 8 nitrogen and oxygen atoms in total. The van der Waals surface area contributed by atoms with Gasteiger partial charge in [0.25, 0.3) is 0 Å². The van der Waals surface area contributed by atoms with Crippen molar-refractivity contribution < 1.29 is 39.9 Å². The van der Waals surface area contributed by atoms with Crippen molar-refractivity contribution in [3.05, 3.63) is 53.1 Å². The number of rotatable bonds is 4. The van der Waals surface area contributed by atoms with Gasteiger partial charge < -0.3 is 30.3 Å². The molecule has 0 saturated carbocycles. The van der Waals surface area contributed by atoms with Gasteiger partial charge >= 0.3 is 11.9 Å². The van der Waals surface area contributed by atoms with E-state index in [0.29, 0.717) is 0 Å². The van der Waals surface area contributed by atoms with Crippen LogP contribution in [0.1, 0.15) is 28.7 Å². The highest BCUT2D eigenvalue weighted by Crippen LogP contribution is 2.52. The molecule has 2 aromatic carbocycles. The lowest BCUT2D eigenvalue weighted by molar-refractivity contribution is -0.140. The van der Waals surface area contributed by atoms with Crippen molar-refractivity contribution in [1.82, 2.24) is 0 Å². The third-order valence-corrected chi connectivity index (χ3v) is 4.07. The molecule has 0 spiro atoms. The van der Waals surface area contributed by atoms with Crippen LogP contribution in [0.4, 0.5) is 0 Å². The van der Waals surface area contributed by atoms with Gasteiger partial charge in [-0.1, -0.05) is 12.1 Å². The zero-order chi connectivity index (χ0) is 19.0. The van der Waals surface area contributed by atoms with Gasteiger partial charge in [-0.3, -0.25) is 4.79 Å². The molecule has 1 heterocycles. The van der Waals surface area contributed by atoms with Crippen LogP contribution in [0.25, 0.3) is 6.08 Å². The summed E-state index contributed by atoms with van der Waals surface area (Å²) in [6.45, 7) is 0. The highest BCUT2D eigenvalue weighted by atomic mass is 16.5. The van der Waals surface area contributed by atoms with Crippen LogP contribution in [0.2, 0.25) is 0 Å². The van der Waals surface area contributed by atoms with Crippen molar-refractivity contribution in [2.24, 2.45) is 0 Å². The summed E-state index contributed by atoms with van der Waals surface area (Å²) in [5.74, 6) is -4.89. The van der Waals surface area contributed by atoms with Crippen molar-refractivity contribution in [3.63, 3.8) is 0 Å². The number of benzene rings is 2. The maximum atomic E-state index is 11.9. The molecular formula is C18H14O8. The third kappa shape index (κ3) is 2.88. The van der Waals surface area contributed by atoms with E-state index in [2.05, 4.69) is 0 Å². The normalized spacial score (nSPS) is 18.5. The summed E-state index contributed by atoms with van der Waals surface area (Å²) in [6, 6.07) is 6.43. The Morgan fingerprint density at radius 1 is 0.962 bits per heavy atom. The van der Waals surface area contributed by atoms with Crippen molar-refractivity contribution in [2.45, 2.75) is 12.0 Å². The minimum absolute atomic E-state index is 0.0671. The van der Waals surface area contributed by atoms with Gasteiger partial charge in [0.15, 0.2) is 23.0 Å². The number of ether oxygens (including phenoxy) is 1. The van der Waals surface area contributed by atoms with Gasteiger partial charge in [-0.05, 0) is 35.4 Å². The van der Waals surface area contributed by atoms with Crippen LogP contribution in [-0.4, -0.2) is 37.5 Å². The number of aromatic hydroxyl groups is 3. The topological polar surface area (TPSA) is 145 Å². The highest BCUT2D eigenvalue weighted by molar-refractivity contribution is 5.88. The number of phenolic OH excluding ortho intramolecular Hbond substituents is 3. The van der Waals surface area contributed by atoms with Gasteiger partial charge in [0, 0.05) is 11.6 Å². The largest absolute Gasteiger partial charge is 0.504 e. The first-order valence-corrected chi connectivity index (χ1v) is 7.47. The zero-order valence-corrected chi connectivity index (χ0v) is 13.2. The van der Waals surface area contributed by atoms with E-state index < -0.39 is 29.7 Å². The van der Waals surface area contributed by atoms with Gasteiger partial charge in [0.05, 0.1) is 0 Å². The molecule has 0 bridgehead atoms. The Labute approximate surface area is 146 Å². The maximum absolute atomic E-state index is 11.9. The molecule has 1 aliphatic rings. The van der Waals surface area contributed by atoms with E-state index in [-0.39, 0.29) is 33.9 Å². The minimum atomic E-state index is -1.26. The van der Waals surface area contributed by atoms with Crippen LogP contribution >= 0.6 is 0 Å². The average molecular weight is 358 g/mol. The Hall–Kier alpha value is -3.68. The molecule has 2 atom stereocenters. The maximum Gasteiger partial charge on any atom is 0.328 e. The van der Waals surface area contributed by atoms with Gasteiger partial charge in [0.1, 0.15) is 12.0 Å². The highest BCUT2D eigenvalue weighted by Gasteiger charge is 2.43. The molecule has 0 amide bonds. The number of carboxylic acids is 2. The molecule has 2 aromatic rings. The fraction of sp³-hybridized carbons (Fsp3) is 0.111. The Morgan fingerprint density at radius 2 is 1.65 bits per heavy atom. The van der Waals surface area contributed by atoms with E-state index in [9.17, 15) is 30.0 Å². The lowest BCUT2D eigenvalue weighted by atomic mass is 9.88. The predicted molar refractivity (Wildman–Crippen MR) is 88.3 cm³/mol. The van der Waals surface area contributed by atoms with Crippen LogP contribution in [-0.2, 0) is 9.59 Å². The van der Waals surface area contributed by atoms with Crippen molar-refractivity contribution in [2.75, 3.05) is 0 Å². The molecule has 26 heavy (non-hydrogen) atoms. The Bertz CT molecular complexity index is 931. The second kappa shape index (κ2) is 6.32. The molecule has 5 N–H and O–H groups in total. The minimum Gasteiger partial charge on any atom is -0.504 e. The number of hydrogen-bond donors (Lipinski definition) is 5. The number of carbonyl (C=O) groups is 2. The fourth-order valence-electron chi connectivity index (χ4n) is 2.93. The quantitative estimate of drug-likeness (QED) is 0.413. The molecule has 8 heteroatoms. The molecule has 0 fully saturated rings. The molecule has 0 aromatic heterocycles. The molecule has 134 valence electrons. The summed E-state index contributed by atoms with van der Waals surface area (Å²) < 4.78 is 5.64. The van der Waals surface area contributed by atoms with Crippen LogP contribution in [0.5, 0.6) is 23.0 Å². The van der Waals surface area contributed by atoms with Gasteiger partial charge in [-0.2, -0.15) is 0 Å². The lowest BCUT2D eigenvalue weighted by Gasteiger charge is -2.17. The second-order valence-electron chi connectivity index (χ2n) is 5.69. The number of hydrogen-bond acceptors (Lipinski definition) is 6. The lowest BCUT2D eigenvalue weighted by Crippen LogP contribution is -2.18. The number of aliphatic carboxylic acids is 2. The van der Waals surface area contributed by atoms with Crippen molar-refractivity contribution in [1.29, 1.82) is 0 Å². The van der Waals surface area contributed by atoms with Crippen molar-refractivity contribution in [3.8, 4) is 23.0 Å². The van der Waals surface area contributed by atoms with Crippen LogP contribution < -0.4 is 4.74 Å². The Kier molecular flexibility index (Phi) is 4.17. The first-order chi connectivity index (χ1) is 12.3. The van der Waals surface area contributed by atoms with E-state index in [1.807, 2.05) is 0 Å². The first-order valence-electron chi connectivity index (χ1n) is 7.47. The summed E-state index contributed by atoms with van der Waals surface area (Å²) in [5, 5.41) is 47.7. The predicted octanol–water partition coefficient (Wildman–Crippen LogP) is 2.20. The van der Waals surface area contributed by atoms with Gasteiger partial charge in [-0.25, -0.2) is 4.79 Å². The smallest absolute Gasteiger partial charge is 0.328 e. The van der Waals surface area contributed by atoms with Gasteiger partial charge in [0.2, 0.25) is 0 Å². The summed E-state index contributed by atoms with van der Waals surface area (Å²) in [7, 11) is 0. The number of carboxylic acid groups (broad SMARTS) is 2. The Morgan fingerprint density at radius 3 is 2.27 bits per heavy atom. The third-order valence-electron chi connectivity index (χ3n) is 4.07. The van der Waals surface area contributed by atoms with Crippen LogP contribution in [0.15, 0.2) is 36.4 Å². The van der Waals surface area contributed by atoms with Crippen LogP contribution in [0, 0.1) is 0 Å². The molecule has 0 aliphatic carbocycles. The fourth-order valence-corrected chi connectivity index (χ4v) is 2.93. The standard InChI is InChI=1S/C18H14O8/c19-10-4-2-9(7-12(10)21)16-15(18(24)25)14-8(3-6-13(22)23)1-5-11(20)17(14)26-16/h1-7,15-16,19-21H,(H,22,23)(H,24,25)/b6-3+/t15-,16+/m1/s1. The molecule has 0 unspecified atom stereocenters. The van der Waals surface area contributed by atoms with E-state index in [1.165, 1.54) is 36.4 Å². The van der Waals surface area contributed by atoms with E-state index in [1.54, 1.807) is 0 Å². The van der Waals surface area contributed by atoms with Crippen molar-refractivity contribution >= 4 is 18.0 Å². The van der Waals surface area contributed by atoms with E-state index in [4.69, 9.17) is 9.84 Å².